The van der Waals surface area contributed by atoms with Crippen LogP contribution in [0, 0.1) is 36.0 Å². The molecule has 3 rings (SSSR count). The molecule has 193 valence electrons. The van der Waals surface area contributed by atoms with Gasteiger partial charge in [-0.15, -0.1) is 0 Å². The van der Waals surface area contributed by atoms with E-state index in [1.54, 1.807) is 0 Å². The Balaban J connectivity index is 0.00000432. The third-order valence-corrected chi connectivity index (χ3v) is 4.51. The van der Waals surface area contributed by atoms with E-state index in [0.29, 0.717) is 0 Å². The Labute approximate surface area is 197 Å². The second-order valence-corrected chi connectivity index (χ2v) is 6.74. The monoisotopic (exact) mass is 567 g/mol. The van der Waals surface area contributed by atoms with Crippen molar-refractivity contribution in [3.63, 3.8) is 0 Å². The Bertz CT molecular complexity index is 1270. The molecule has 1 heterocycles. The van der Waals surface area contributed by atoms with Crippen LogP contribution < -0.4 is 0 Å². The summed E-state index contributed by atoms with van der Waals surface area (Å²) in [5, 5.41) is 13.5. The van der Waals surface area contributed by atoms with Gasteiger partial charge in [0, 0.05) is 22.6 Å². The number of aromatic nitrogens is 2. The predicted octanol–water partition coefficient (Wildman–Crippen LogP) is 5.85. The second kappa shape index (κ2) is 9.15. The number of hydrogen-bond acceptors (Lipinski definition) is 3. The van der Waals surface area contributed by atoms with E-state index in [-0.39, 0.29) is 39.9 Å². The molecule has 0 saturated heterocycles. The first kappa shape index (κ1) is 28.1. The van der Waals surface area contributed by atoms with E-state index < -0.39 is 86.7 Å². The number of carbonyl (C=O) groups excluding carboxylic acids is 1. The molecule has 4 nitrogen and oxygen atoms in total. The van der Waals surface area contributed by atoms with Gasteiger partial charge in [-0.3, -0.25) is 4.79 Å². The summed E-state index contributed by atoms with van der Waals surface area (Å²) in [5.74, 6) is -15.7. The van der Waals surface area contributed by atoms with Gasteiger partial charge in [0.15, 0.2) is 29.1 Å². The maximum Gasteiger partial charge on any atom is 0.416 e. The molecule has 35 heavy (non-hydrogen) atoms. The molecule has 2 aromatic carbocycles. The van der Waals surface area contributed by atoms with Crippen LogP contribution in [0.25, 0.3) is 5.69 Å². The summed E-state index contributed by atoms with van der Waals surface area (Å²) in [7, 11) is 0. The van der Waals surface area contributed by atoms with Crippen molar-refractivity contribution < 1.29 is 75.3 Å². The molecule has 0 spiro atoms. The van der Waals surface area contributed by atoms with E-state index in [1.165, 1.54) is 0 Å². The van der Waals surface area contributed by atoms with E-state index in [9.17, 15) is 58.2 Å². The van der Waals surface area contributed by atoms with Crippen molar-refractivity contribution in [1.29, 1.82) is 0 Å². The minimum absolute atomic E-state index is 0. The number of benzene rings is 2. The fraction of sp³-hybridized carbons (Fsp3) is 0.158. The van der Waals surface area contributed by atoms with Crippen LogP contribution in [-0.4, -0.2) is 20.7 Å². The Morgan fingerprint density at radius 2 is 1.20 bits per heavy atom. The number of rotatable bonds is 3. The fourth-order valence-electron chi connectivity index (χ4n) is 2.95. The van der Waals surface area contributed by atoms with Crippen molar-refractivity contribution in [3.8, 4) is 11.6 Å². The summed E-state index contributed by atoms with van der Waals surface area (Å²) in [6.07, 6.45) is -10.7. The van der Waals surface area contributed by atoms with Crippen LogP contribution in [-0.2, 0) is 29.4 Å². The normalized spacial score (nSPS) is 12.0. The third kappa shape index (κ3) is 4.85. The molecule has 0 fully saturated rings. The van der Waals surface area contributed by atoms with E-state index >= 15 is 0 Å². The van der Waals surface area contributed by atoms with Gasteiger partial charge in [0.05, 0.1) is 16.8 Å². The first-order chi connectivity index (χ1) is 15.5. The third-order valence-electron chi connectivity index (χ3n) is 4.51. The van der Waals surface area contributed by atoms with Gasteiger partial charge in [-0.05, 0) is 25.1 Å². The molecule has 0 aliphatic carbocycles. The molecular formula is C19H7CuF11N2O2. The predicted molar refractivity (Wildman–Crippen MR) is 89.6 cm³/mol. The molecule has 1 radical (unpaired) electrons. The molecule has 0 unspecified atom stereocenters. The van der Waals surface area contributed by atoms with Crippen molar-refractivity contribution in [1.82, 2.24) is 9.78 Å². The van der Waals surface area contributed by atoms with Gasteiger partial charge in [0.25, 0.3) is 0 Å². The van der Waals surface area contributed by atoms with Crippen molar-refractivity contribution in [2.24, 2.45) is 0 Å². The van der Waals surface area contributed by atoms with Crippen molar-refractivity contribution in [2.45, 2.75) is 19.3 Å². The smallest absolute Gasteiger partial charge is 0.416 e. The average molecular weight is 568 g/mol. The summed E-state index contributed by atoms with van der Waals surface area (Å²) in [6, 6.07) is -0.236. The SMILES string of the molecule is Cc1nn(-c2c(F)c(F)c(F)c(F)c2F)c(O)c1C(=O)c1cc(C(F)(F)F)cc(C(F)(F)F)c1.[Cu]. The summed E-state index contributed by atoms with van der Waals surface area (Å²) >= 11 is 0. The number of hydrogen-bond donors (Lipinski definition) is 1. The van der Waals surface area contributed by atoms with Gasteiger partial charge in [-0.1, -0.05) is 0 Å². The first-order valence-corrected chi connectivity index (χ1v) is 8.61. The zero-order chi connectivity index (χ0) is 25.9. The molecule has 0 aliphatic heterocycles. The maximum atomic E-state index is 14.1. The van der Waals surface area contributed by atoms with Gasteiger partial charge in [-0.2, -0.15) is 36.1 Å². The zero-order valence-electron chi connectivity index (χ0n) is 16.4. The van der Waals surface area contributed by atoms with Crippen LogP contribution in [0.5, 0.6) is 5.88 Å². The van der Waals surface area contributed by atoms with Crippen LogP contribution in [0.3, 0.4) is 0 Å². The quantitative estimate of drug-likeness (QED) is 0.142. The molecule has 0 amide bonds. The number of nitrogens with zero attached hydrogens (tertiary/aromatic N) is 2. The summed E-state index contributed by atoms with van der Waals surface area (Å²) in [5.41, 5.74) is -8.70. The average Bonchev–Trinajstić information content (AvgIpc) is 3.02. The molecule has 0 atom stereocenters. The molecule has 3 aromatic rings. The van der Waals surface area contributed by atoms with Crippen molar-refractivity contribution >= 4 is 5.78 Å². The van der Waals surface area contributed by atoms with Crippen molar-refractivity contribution in [3.05, 3.63) is 75.2 Å². The topological polar surface area (TPSA) is 55.1 Å². The fourth-order valence-corrected chi connectivity index (χ4v) is 2.95. The summed E-state index contributed by atoms with van der Waals surface area (Å²) in [6.45, 7) is 0.841. The second-order valence-electron chi connectivity index (χ2n) is 6.74. The Morgan fingerprint density at radius 1 is 0.800 bits per heavy atom. The van der Waals surface area contributed by atoms with Gasteiger partial charge in [0.1, 0.15) is 11.3 Å². The number of aryl methyl sites for hydroxylation is 1. The molecule has 0 bridgehead atoms. The molecule has 1 aromatic heterocycles. The van der Waals surface area contributed by atoms with Crippen LogP contribution in [0.1, 0.15) is 32.7 Å². The maximum absolute atomic E-state index is 14.1. The number of carbonyl (C=O) groups is 1. The Kier molecular flexibility index (Phi) is 7.35. The first-order valence-electron chi connectivity index (χ1n) is 8.61. The number of halogens is 11. The van der Waals surface area contributed by atoms with Gasteiger partial charge >= 0.3 is 12.4 Å². The largest absolute Gasteiger partial charge is 0.493 e. The minimum Gasteiger partial charge on any atom is -0.493 e. The molecule has 16 heteroatoms. The van der Waals surface area contributed by atoms with Gasteiger partial charge in [-0.25, -0.2) is 22.0 Å². The van der Waals surface area contributed by atoms with E-state index in [4.69, 9.17) is 0 Å². The zero-order valence-corrected chi connectivity index (χ0v) is 17.4. The van der Waals surface area contributed by atoms with Gasteiger partial charge < -0.3 is 5.11 Å². The number of ketones is 1. The van der Waals surface area contributed by atoms with E-state index in [0.717, 1.165) is 6.92 Å². The summed E-state index contributed by atoms with van der Waals surface area (Å²) in [4.78, 5) is 12.7. The van der Waals surface area contributed by atoms with E-state index in [1.807, 2.05) is 0 Å². The molecule has 0 aliphatic rings. The van der Waals surface area contributed by atoms with Crippen molar-refractivity contribution in [2.75, 3.05) is 0 Å². The molecular weight excluding hydrogens is 561 g/mol. The summed E-state index contributed by atoms with van der Waals surface area (Å²) < 4.78 is 146. The number of alkyl halides is 6. The molecule has 1 N–H and O–H groups in total. The molecule has 0 saturated carbocycles. The van der Waals surface area contributed by atoms with E-state index in [2.05, 4.69) is 5.10 Å². The number of aromatic hydroxyl groups is 1. The Hall–Kier alpha value is -3.13. The van der Waals surface area contributed by atoms with Crippen LogP contribution in [0.15, 0.2) is 18.2 Å². The standard InChI is InChI=1S/C19H7F11N2O2.Cu/c1-5-9(16(33)6-2-7(18(25,26)27)4-8(3-6)19(28,29)30)17(34)32(31-5)15-13(23)11(21)10(20)12(22)14(15)24;/h2-4,34H,1H3;. The van der Waals surface area contributed by atoms with Gasteiger partial charge in [0.2, 0.25) is 11.7 Å². The van der Waals surface area contributed by atoms with Crippen LogP contribution in [0.2, 0.25) is 0 Å². The van der Waals surface area contributed by atoms with Crippen LogP contribution >= 0.6 is 0 Å². The minimum atomic E-state index is -5.33. The Morgan fingerprint density at radius 3 is 1.60 bits per heavy atom. The van der Waals surface area contributed by atoms with Crippen LogP contribution in [0.4, 0.5) is 48.3 Å².